The number of nitrogens with zero attached hydrogens (tertiary/aromatic N) is 2. The zero-order valence-electron chi connectivity index (χ0n) is 16.9. The Bertz CT molecular complexity index is 930. The number of amides is 1. The Balaban J connectivity index is 1.78. The van der Waals surface area contributed by atoms with E-state index in [0.717, 1.165) is 34.8 Å². The van der Waals surface area contributed by atoms with Gasteiger partial charge < -0.3 is 14.6 Å². The first-order valence-electron chi connectivity index (χ1n) is 9.55. The minimum Gasteiger partial charge on any atom is -0.497 e. The van der Waals surface area contributed by atoms with Gasteiger partial charge in [0.05, 0.1) is 31.0 Å². The third-order valence-electron chi connectivity index (χ3n) is 5.10. The molecule has 1 amide bonds. The zero-order valence-corrected chi connectivity index (χ0v) is 16.9. The van der Waals surface area contributed by atoms with Gasteiger partial charge in [-0.15, -0.1) is 0 Å². The van der Waals surface area contributed by atoms with Crippen LogP contribution in [0.4, 0.5) is 0 Å². The first kappa shape index (κ1) is 19.7. The highest BCUT2D eigenvalue weighted by Gasteiger charge is 2.19. The molecule has 1 aromatic carbocycles. The third-order valence-corrected chi connectivity index (χ3v) is 5.10. The maximum atomic E-state index is 13.0. The van der Waals surface area contributed by atoms with E-state index in [1.807, 2.05) is 62.4 Å². The number of rotatable bonds is 7. The fraction of sp³-hybridized carbons (Fsp3) is 0.304. The molecule has 0 spiro atoms. The maximum absolute atomic E-state index is 13.0. The first-order chi connectivity index (χ1) is 13.5. The predicted molar refractivity (Wildman–Crippen MR) is 111 cm³/mol. The van der Waals surface area contributed by atoms with E-state index in [9.17, 15) is 4.79 Å². The Morgan fingerprint density at radius 2 is 1.93 bits per heavy atom. The summed E-state index contributed by atoms with van der Waals surface area (Å²) in [6.07, 6.45) is 2.60. The van der Waals surface area contributed by atoms with E-state index < -0.39 is 0 Å². The van der Waals surface area contributed by atoms with Crippen molar-refractivity contribution in [2.75, 3.05) is 7.11 Å². The summed E-state index contributed by atoms with van der Waals surface area (Å²) in [6, 6.07) is 15.6. The van der Waals surface area contributed by atoms with E-state index >= 15 is 0 Å². The van der Waals surface area contributed by atoms with Crippen LogP contribution in [0.2, 0.25) is 0 Å². The number of benzene rings is 1. The van der Waals surface area contributed by atoms with Gasteiger partial charge in [0, 0.05) is 17.6 Å². The summed E-state index contributed by atoms with van der Waals surface area (Å²) < 4.78 is 7.35. The minimum absolute atomic E-state index is 0.0442. The second kappa shape index (κ2) is 8.74. The highest BCUT2D eigenvalue weighted by molar-refractivity contribution is 5.96. The topological polar surface area (TPSA) is 56.2 Å². The van der Waals surface area contributed by atoms with Crippen LogP contribution >= 0.6 is 0 Å². The SMILES string of the molecule is CCC(NC(=O)c1cc(C)n(Cc2ccccn2)c1C)c1ccc(OC)cc1. The van der Waals surface area contributed by atoms with E-state index in [2.05, 4.69) is 21.8 Å². The normalized spacial score (nSPS) is 11.9. The van der Waals surface area contributed by atoms with Crippen molar-refractivity contribution >= 4 is 5.91 Å². The van der Waals surface area contributed by atoms with E-state index in [4.69, 9.17) is 4.74 Å². The van der Waals surface area contributed by atoms with Gasteiger partial charge in [0.15, 0.2) is 0 Å². The summed E-state index contributed by atoms with van der Waals surface area (Å²) >= 11 is 0. The molecule has 3 rings (SSSR count). The molecule has 0 aliphatic carbocycles. The smallest absolute Gasteiger partial charge is 0.253 e. The Labute approximate surface area is 166 Å². The van der Waals surface area contributed by atoms with Crippen LogP contribution < -0.4 is 10.1 Å². The number of nitrogens with one attached hydrogen (secondary N) is 1. The van der Waals surface area contributed by atoms with Crippen LogP contribution in [0.15, 0.2) is 54.7 Å². The number of pyridine rings is 1. The molecule has 2 heterocycles. The van der Waals surface area contributed by atoms with Gasteiger partial charge in [-0.3, -0.25) is 9.78 Å². The summed E-state index contributed by atoms with van der Waals surface area (Å²) in [5, 5.41) is 3.17. The quantitative estimate of drug-likeness (QED) is 0.662. The molecule has 0 saturated heterocycles. The Kier molecular flexibility index (Phi) is 6.14. The van der Waals surface area contributed by atoms with Crippen LogP contribution in [0.25, 0.3) is 0 Å². The standard InChI is InChI=1S/C23H27N3O2/c1-5-22(18-9-11-20(28-4)12-10-18)25-23(27)21-14-16(2)26(17(21)3)15-19-8-6-7-13-24-19/h6-14,22H,5,15H2,1-4H3,(H,25,27). The van der Waals surface area contributed by atoms with Crippen LogP contribution in [-0.4, -0.2) is 22.6 Å². The molecular formula is C23H27N3O2. The van der Waals surface area contributed by atoms with Crippen molar-refractivity contribution in [3.05, 3.63) is 82.9 Å². The van der Waals surface area contributed by atoms with Crippen molar-refractivity contribution in [3.8, 4) is 5.75 Å². The van der Waals surface area contributed by atoms with Crippen LogP contribution in [0, 0.1) is 13.8 Å². The van der Waals surface area contributed by atoms with Crippen molar-refractivity contribution < 1.29 is 9.53 Å². The molecule has 0 aliphatic heterocycles. The zero-order chi connectivity index (χ0) is 20.1. The Morgan fingerprint density at radius 1 is 1.18 bits per heavy atom. The first-order valence-corrected chi connectivity index (χ1v) is 9.55. The number of methoxy groups -OCH3 is 1. The van der Waals surface area contributed by atoms with Gasteiger partial charge >= 0.3 is 0 Å². The molecule has 1 unspecified atom stereocenters. The highest BCUT2D eigenvalue weighted by Crippen LogP contribution is 2.22. The molecule has 0 radical (unpaired) electrons. The van der Waals surface area contributed by atoms with Crippen molar-refractivity contribution in [3.63, 3.8) is 0 Å². The number of aryl methyl sites for hydroxylation is 1. The Hall–Kier alpha value is -3.08. The molecule has 5 nitrogen and oxygen atoms in total. The molecule has 1 atom stereocenters. The molecule has 0 saturated carbocycles. The lowest BCUT2D eigenvalue weighted by molar-refractivity contribution is 0.0935. The molecule has 0 bridgehead atoms. The highest BCUT2D eigenvalue weighted by atomic mass is 16.5. The fourth-order valence-corrected chi connectivity index (χ4v) is 3.42. The summed E-state index contributed by atoms with van der Waals surface area (Å²) in [7, 11) is 1.65. The van der Waals surface area contributed by atoms with E-state index in [0.29, 0.717) is 12.1 Å². The number of hydrogen-bond donors (Lipinski definition) is 1. The van der Waals surface area contributed by atoms with E-state index in [1.165, 1.54) is 0 Å². The van der Waals surface area contributed by atoms with Crippen LogP contribution in [0.1, 0.15) is 52.4 Å². The average Bonchev–Trinajstić information content (AvgIpc) is 3.01. The van der Waals surface area contributed by atoms with Crippen molar-refractivity contribution in [2.24, 2.45) is 0 Å². The van der Waals surface area contributed by atoms with Gasteiger partial charge in [0.25, 0.3) is 5.91 Å². The van der Waals surface area contributed by atoms with Crippen LogP contribution in [-0.2, 0) is 6.54 Å². The molecule has 2 aromatic heterocycles. The number of ether oxygens (including phenoxy) is 1. The molecule has 146 valence electrons. The van der Waals surface area contributed by atoms with Gasteiger partial charge in [-0.25, -0.2) is 0 Å². The lowest BCUT2D eigenvalue weighted by Gasteiger charge is -2.18. The lowest BCUT2D eigenvalue weighted by Crippen LogP contribution is -2.28. The predicted octanol–water partition coefficient (Wildman–Crippen LogP) is 4.44. The molecule has 28 heavy (non-hydrogen) atoms. The van der Waals surface area contributed by atoms with Crippen molar-refractivity contribution in [1.29, 1.82) is 0 Å². The summed E-state index contributed by atoms with van der Waals surface area (Å²) in [5.41, 5.74) is 4.75. The minimum atomic E-state index is -0.0527. The average molecular weight is 377 g/mol. The van der Waals surface area contributed by atoms with Gasteiger partial charge in [-0.1, -0.05) is 25.1 Å². The van der Waals surface area contributed by atoms with Crippen LogP contribution in [0.3, 0.4) is 0 Å². The van der Waals surface area contributed by atoms with Gasteiger partial charge in [0.1, 0.15) is 5.75 Å². The van der Waals surface area contributed by atoms with Gasteiger partial charge in [0.2, 0.25) is 0 Å². The van der Waals surface area contributed by atoms with E-state index in [-0.39, 0.29) is 11.9 Å². The van der Waals surface area contributed by atoms with Crippen molar-refractivity contribution in [2.45, 2.75) is 39.8 Å². The number of carbonyl (C=O) groups is 1. The van der Waals surface area contributed by atoms with Crippen molar-refractivity contribution in [1.82, 2.24) is 14.9 Å². The molecule has 3 aromatic rings. The number of aromatic nitrogens is 2. The second-order valence-corrected chi connectivity index (χ2v) is 6.90. The fourth-order valence-electron chi connectivity index (χ4n) is 3.42. The summed E-state index contributed by atoms with van der Waals surface area (Å²) in [4.78, 5) is 17.4. The molecule has 0 fully saturated rings. The second-order valence-electron chi connectivity index (χ2n) is 6.90. The van der Waals surface area contributed by atoms with E-state index in [1.54, 1.807) is 13.3 Å². The number of hydrogen-bond acceptors (Lipinski definition) is 3. The third kappa shape index (κ3) is 4.25. The maximum Gasteiger partial charge on any atom is 0.253 e. The van der Waals surface area contributed by atoms with Gasteiger partial charge in [-0.05, 0) is 56.2 Å². The lowest BCUT2D eigenvalue weighted by atomic mass is 10.0. The molecular weight excluding hydrogens is 350 g/mol. The monoisotopic (exact) mass is 377 g/mol. The molecule has 5 heteroatoms. The largest absolute Gasteiger partial charge is 0.497 e. The summed E-state index contributed by atoms with van der Waals surface area (Å²) in [5.74, 6) is 0.756. The number of carbonyl (C=O) groups excluding carboxylic acids is 1. The Morgan fingerprint density at radius 3 is 2.54 bits per heavy atom. The summed E-state index contributed by atoms with van der Waals surface area (Å²) in [6.45, 7) is 6.73. The van der Waals surface area contributed by atoms with Crippen LogP contribution in [0.5, 0.6) is 5.75 Å². The van der Waals surface area contributed by atoms with Gasteiger partial charge in [-0.2, -0.15) is 0 Å². The molecule has 0 aliphatic rings. The molecule has 1 N–H and O–H groups in total.